The highest BCUT2D eigenvalue weighted by molar-refractivity contribution is 7.99. The zero-order valence-electron chi connectivity index (χ0n) is 20.3. The molecule has 0 radical (unpaired) electrons. The van der Waals surface area contributed by atoms with E-state index in [1.54, 1.807) is 11.8 Å². The van der Waals surface area contributed by atoms with Crippen LogP contribution in [-0.4, -0.2) is 75.5 Å². The first-order valence-electron chi connectivity index (χ1n) is 13.1. The third-order valence-electron chi connectivity index (χ3n) is 7.52. The number of hydrogen-bond donors (Lipinski definition) is 0. The van der Waals surface area contributed by atoms with E-state index < -0.39 is 0 Å². The summed E-state index contributed by atoms with van der Waals surface area (Å²) in [5.74, 6) is 1.67. The van der Waals surface area contributed by atoms with E-state index in [1.807, 2.05) is 4.90 Å². The summed E-state index contributed by atoms with van der Waals surface area (Å²) in [6, 6.07) is 15.6. The molecular formula is C27H34N6OS. The highest BCUT2D eigenvalue weighted by atomic mass is 32.2. The van der Waals surface area contributed by atoms with Crippen molar-refractivity contribution in [3.8, 4) is 0 Å². The monoisotopic (exact) mass is 490 g/mol. The number of fused-ring (bicyclic) bond motifs is 1. The predicted molar refractivity (Wildman–Crippen MR) is 141 cm³/mol. The van der Waals surface area contributed by atoms with Crippen molar-refractivity contribution in [2.75, 3.05) is 49.9 Å². The standard InChI is InChI=1S/C27H34N6OS/c34-25(20-35-27-29-28-26(33(27)23-11-12-23)32-13-4-1-5-14-32)31-17-15-30(16-18-31)19-22-9-6-8-21-7-2-3-10-24(21)22/h2-3,6-10,23H,1,4-5,11-20H2. The quantitative estimate of drug-likeness (QED) is 0.463. The molecule has 0 N–H and O–H groups in total. The van der Waals surface area contributed by atoms with Gasteiger partial charge in [-0.25, -0.2) is 0 Å². The summed E-state index contributed by atoms with van der Waals surface area (Å²) in [5, 5.41) is 12.6. The maximum absolute atomic E-state index is 13.0. The minimum absolute atomic E-state index is 0.213. The van der Waals surface area contributed by atoms with Gasteiger partial charge in [0, 0.05) is 51.9 Å². The second-order valence-electron chi connectivity index (χ2n) is 10.0. The molecule has 0 spiro atoms. The Bertz CT molecular complexity index is 1170. The summed E-state index contributed by atoms with van der Waals surface area (Å²) in [7, 11) is 0. The van der Waals surface area contributed by atoms with Crippen molar-refractivity contribution in [2.45, 2.75) is 49.8 Å². The third-order valence-corrected chi connectivity index (χ3v) is 8.45. The normalized spacial score (nSPS) is 19.4. The zero-order valence-corrected chi connectivity index (χ0v) is 21.1. The molecule has 7 nitrogen and oxygen atoms in total. The van der Waals surface area contributed by atoms with Gasteiger partial charge in [-0.15, -0.1) is 10.2 Å². The van der Waals surface area contributed by atoms with Gasteiger partial charge in [0.15, 0.2) is 5.16 Å². The van der Waals surface area contributed by atoms with Crippen LogP contribution in [-0.2, 0) is 11.3 Å². The van der Waals surface area contributed by atoms with Gasteiger partial charge in [0.05, 0.1) is 5.75 Å². The number of piperidine rings is 1. The van der Waals surface area contributed by atoms with Crippen LogP contribution in [0.1, 0.15) is 43.7 Å². The number of benzene rings is 2. The van der Waals surface area contributed by atoms with E-state index in [0.717, 1.165) is 56.9 Å². The number of carbonyl (C=O) groups excluding carboxylic acids is 1. The second kappa shape index (κ2) is 10.2. The van der Waals surface area contributed by atoms with Crippen molar-refractivity contribution in [3.63, 3.8) is 0 Å². The highest BCUT2D eigenvalue weighted by Crippen LogP contribution is 2.41. The number of aromatic nitrogens is 3. The Morgan fingerprint density at radius 1 is 0.886 bits per heavy atom. The molecule has 3 aliphatic rings. The van der Waals surface area contributed by atoms with Crippen LogP contribution in [0.3, 0.4) is 0 Å². The van der Waals surface area contributed by atoms with Crippen molar-refractivity contribution >= 4 is 34.4 Å². The van der Waals surface area contributed by atoms with E-state index in [9.17, 15) is 4.79 Å². The smallest absolute Gasteiger partial charge is 0.233 e. The van der Waals surface area contributed by atoms with Gasteiger partial charge in [0.1, 0.15) is 0 Å². The minimum atomic E-state index is 0.213. The largest absolute Gasteiger partial charge is 0.341 e. The first kappa shape index (κ1) is 22.9. The Morgan fingerprint density at radius 2 is 1.66 bits per heavy atom. The van der Waals surface area contributed by atoms with Crippen LogP contribution in [0, 0.1) is 0 Å². The van der Waals surface area contributed by atoms with Crippen molar-refractivity contribution in [1.29, 1.82) is 0 Å². The summed E-state index contributed by atoms with van der Waals surface area (Å²) in [4.78, 5) is 19.9. The van der Waals surface area contributed by atoms with E-state index in [4.69, 9.17) is 0 Å². The van der Waals surface area contributed by atoms with Crippen molar-refractivity contribution in [1.82, 2.24) is 24.6 Å². The molecule has 0 bridgehead atoms. The van der Waals surface area contributed by atoms with Crippen LogP contribution in [0.5, 0.6) is 0 Å². The number of rotatable bonds is 7. The fraction of sp³-hybridized carbons (Fsp3) is 0.519. The van der Waals surface area contributed by atoms with Crippen LogP contribution in [0.4, 0.5) is 5.95 Å². The molecule has 2 aromatic carbocycles. The van der Waals surface area contributed by atoms with E-state index in [0.29, 0.717) is 11.8 Å². The van der Waals surface area contributed by atoms with Gasteiger partial charge in [-0.1, -0.05) is 54.2 Å². The summed E-state index contributed by atoms with van der Waals surface area (Å²) < 4.78 is 2.31. The number of thioether (sulfide) groups is 1. The van der Waals surface area contributed by atoms with Gasteiger partial charge in [-0.3, -0.25) is 14.3 Å². The van der Waals surface area contributed by atoms with E-state index in [2.05, 4.69) is 67.0 Å². The number of anilines is 1. The predicted octanol–water partition coefficient (Wildman–Crippen LogP) is 4.19. The Kier molecular flexibility index (Phi) is 6.65. The lowest BCUT2D eigenvalue weighted by Gasteiger charge is -2.35. The molecule has 0 atom stereocenters. The molecule has 2 aliphatic heterocycles. The molecule has 3 aromatic rings. The van der Waals surface area contributed by atoms with Crippen molar-refractivity contribution in [2.24, 2.45) is 0 Å². The zero-order chi connectivity index (χ0) is 23.6. The summed E-state index contributed by atoms with van der Waals surface area (Å²) in [6.07, 6.45) is 6.15. The first-order valence-corrected chi connectivity index (χ1v) is 14.0. The number of nitrogens with zero attached hydrogens (tertiary/aromatic N) is 6. The van der Waals surface area contributed by atoms with Crippen LogP contribution in [0.25, 0.3) is 10.8 Å². The molecular weight excluding hydrogens is 456 g/mol. The van der Waals surface area contributed by atoms with Gasteiger partial charge in [0.2, 0.25) is 11.9 Å². The maximum atomic E-state index is 13.0. The number of carbonyl (C=O) groups is 1. The van der Waals surface area contributed by atoms with Crippen molar-refractivity contribution < 1.29 is 4.79 Å². The van der Waals surface area contributed by atoms with Crippen molar-refractivity contribution in [3.05, 3.63) is 48.0 Å². The fourth-order valence-electron chi connectivity index (χ4n) is 5.37. The Hall–Kier alpha value is -2.58. The van der Waals surface area contributed by atoms with E-state index in [1.165, 1.54) is 48.4 Å². The lowest BCUT2D eigenvalue weighted by Crippen LogP contribution is -2.48. The number of amides is 1. The Morgan fingerprint density at radius 3 is 2.46 bits per heavy atom. The highest BCUT2D eigenvalue weighted by Gasteiger charge is 2.32. The summed E-state index contributed by atoms with van der Waals surface area (Å²) in [5.41, 5.74) is 1.36. The molecule has 1 amide bonds. The van der Waals surface area contributed by atoms with Gasteiger partial charge in [-0.05, 0) is 48.4 Å². The average molecular weight is 491 g/mol. The molecule has 3 heterocycles. The van der Waals surface area contributed by atoms with E-state index in [-0.39, 0.29) is 5.91 Å². The second-order valence-corrected chi connectivity index (χ2v) is 11.0. The molecule has 184 valence electrons. The molecule has 35 heavy (non-hydrogen) atoms. The topological polar surface area (TPSA) is 57.5 Å². The fourth-order valence-corrected chi connectivity index (χ4v) is 6.28. The van der Waals surface area contributed by atoms with Crippen LogP contribution >= 0.6 is 11.8 Å². The van der Waals surface area contributed by atoms with Gasteiger partial charge in [0.25, 0.3) is 0 Å². The molecule has 1 saturated carbocycles. The van der Waals surface area contributed by atoms with E-state index >= 15 is 0 Å². The average Bonchev–Trinajstić information content (AvgIpc) is 3.67. The molecule has 3 fully saturated rings. The molecule has 1 aromatic heterocycles. The van der Waals surface area contributed by atoms with Crippen LogP contribution < -0.4 is 4.90 Å². The van der Waals surface area contributed by atoms with Crippen LogP contribution in [0.15, 0.2) is 47.6 Å². The van der Waals surface area contributed by atoms with Crippen LogP contribution in [0.2, 0.25) is 0 Å². The number of piperazine rings is 1. The molecule has 2 saturated heterocycles. The molecule has 0 unspecified atom stereocenters. The lowest BCUT2D eigenvalue weighted by atomic mass is 10.0. The van der Waals surface area contributed by atoms with Gasteiger partial charge < -0.3 is 9.80 Å². The Labute approximate surface area is 211 Å². The maximum Gasteiger partial charge on any atom is 0.233 e. The molecule has 1 aliphatic carbocycles. The minimum Gasteiger partial charge on any atom is -0.341 e. The third kappa shape index (κ3) is 5.05. The molecule has 6 rings (SSSR count). The first-order chi connectivity index (χ1) is 17.3. The van der Waals surface area contributed by atoms with Gasteiger partial charge >= 0.3 is 0 Å². The summed E-state index contributed by atoms with van der Waals surface area (Å²) in [6.45, 7) is 6.47. The Balaban J connectivity index is 1.04. The summed E-state index contributed by atoms with van der Waals surface area (Å²) >= 11 is 1.56. The SMILES string of the molecule is O=C(CSc1nnc(N2CCCCC2)n1C1CC1)N1CCN(Cc2cccc3ccccc23)CC1. The number of hydrogen-bond acceptors (Lipinski definition) is 6. The van der Waals surface area contributed by atoms with Gasteiger partial charge in [-0.2, -0.15) is 0 Å². The molecule has 8 heteroatoms. The lowest BCUT2D eigenvalue weighted by molar-refractivity contribution is -0.130.